The Morgan fingerprint density at radius 3 is 2.81 bits per heavy atom. The van der Waals surface area contributed by atoms with Gasteiger partial charge in [0.15, 0.2) is 0 Å². The van der Waals surface area contributed by atoms with Gasteiger partial charge in [0.05, 0.1) is 19.1 Å². The average molecular weight is 294 g/mol. The number of rotatable bonds is 10. The van der Waals surface area contributed by atoms with E-state index in [0.717, 1.165) is 18.4 Å². The minimum atomic E-state index is -0.188. The van der Waals surface area contributed by atoms with Gasteiger partial charge in [-0.2, -0.15) is 0 Å². The summed E-state index contributed by atoms with van der Waals surface area (Å²) in [7, 11) is 1.65. The zero-order chi connectivity index (χ0) is 15.5. The summed E-state index contributed by atoms with van der Waals surface area (Å²) in [5, 5.41) is 2.94. The number of anilines is 1. The number of hydrogen-bond acceptors (Lipinski definition) is 4. The quantitative estimate of drug-likeness (QED) is 0.511. The van der Waals surface area contributed by atoms with E-state index in [4.69, 9.17) is 15.2 Å². The van der Waals surface area contributed by atoms with Gasteiger partial charge in [0.25, 0.3) is 0 Å². The van der Waals surface area contributed by atoms with Crippen LogP contribution in [-0.2, 0) is 14.3 Å². The molecule has 0 radical (unpaired) electrons. The maximum Gasteiger partial charge on any atom is 0.227 e. The molecule has 0 aliphatic carbocycles. The molecule has 1 unspecified atom stereocenters. The van der Waals surface area contributed by atoms with E-state index < -0.39 is 0 Å². The highest BCUT2D eigenvalue weighted by Gasteiger charge is 2.14. The van der Waals surface area contributed by atoms with Crippen molar-refractivity contribution in [2.45, 2.75) is 25.7 Å². The van der Waals surface area contributed by atoms with E-state index in [0.29, 0.717) is 32.1 Å². The van der Waals surface area contributed by atoms with E-state index in [1.54, 1.807) is 7.11 Å². The predicted molar refractivity (Wildman–Crippen MR) is 84.2 cm³/mol. The molecule has 0 heterocycles. The minimum Gasteiger partial charge on any atom is -0.399 e. The van der Waals surface area contributed by atoms with Crippen LogP contribution >= 0.6 is 0 Å². The number of carbonyl (C=O) groups is 1. The summed E-state index contributed by atoms with van der Waals surface area (Å²) in [6.07, 6.45) is 1.83. The molecule has 3 N–H and O–H groups in total. The lowest BCUT2D eigenvalue weighted by Crippen LogP contribution is -2.29. The van der Waals surface area contributed by atoms with Crippen molar-refractivity contribution in [1.82, 2.24) is 5.32 Å². The third-order valence-corrected chi connectivity index (χ3v) is 3.25. The van der Waals surface area contributed by atoms with E-state index in [1.807, 2.05) is 31.2 Å². The van der Waals surface area contributed by atoms with Crippen molar-refractivity contribution in [3.8, 4) is 0 Å². The standard InChI is InChI=1S/C16H26N2O3/c1-13(14-6-5-7-15(17)12-14)16(19)18-8-3-4-9-21-11-10-20-2/h5-7,12-13H,3-4,8-11,17H2,1-2H3,(H,18,19). The van der Waals surface area contributed by atoms with Crippen LogP contribution in [0.5, 0.6) is 0 Å². The monoisotopic (exact) mass is 294 g/mol. The number of methoxy groups -OCH3 is 1. The van der Waals surface area contributed by atoms with Crippen LogP contribution < -0.4 is 11.1 Å². The van der Waals surface area contributed by atoms with Crippen molar-refractivity contribution in [2.24, 2.45) is 0 Å². The summed E-state index contributed by atoms with van der Waals surface area (Å²) in [6.45, 7) is 4.49. The van der Waals surface area contributed by atoms with Crippen molar-refractivity contribution >= 4 is 11.6 Å². The van der Waals surface area contributed by atoms with Crippen LogP contribution in [0.3, 0.4) is 0 Å². The SMILES string of the molecule is COCCOCCCCNC(=O)C(C)c1cccc(N)c1. The summed E-state index contributed by atoms with van der Waals surface area (Å²) < 4.78 is 10.2. The summed E-state index contributed by atoms with van der Waals surface area (Å²) in [5.74, 6) is -0.160. The summed E-state index contributed by atoms with van der Waals surface area (Å²) >= 11 is 0. The normalized spacial score (nSPS) is 12.1. The van der Waals surface area contributed by atoms with Crippen LogP contribution in [0.25, 0.3) is 0 Å². The number of carbonyl (C=O) groups excluding carboxylic acids is 1. The van der Waals surface area contributed by atoms with Gasteiger partial charge in [0.2, 0.25) is 5.91 Å². The lowest BCUT2D eigenvalue weighted by atomic mass is 10.00. The Kier molecular flexibility index (Phi) is 8.47. The highest BCUT2D eigenvalue weighted by Crippen LogP contribution is 2.17. The molecule has 0 aromatic heterocycles. The third-order valence-electron chi connectivity index (χ3n) is 3.25. The number of ether oxygens (including phenoxy) is 2. The lowest BCUT2D eigenvalue weighted by molar-refractivity contribution is -0.122. The van der Waals surface area contributed by atoms with Gasteiger partial charge >= 0.3 is 0 Å². The van der Waals surface area contributed by atoms with E-state index in [1.165, 1.54) is 0 Å². The van der Waals surface area contributed by atoms with Gasteiger partial charge in [0, 0.05) is 25.9 Å². The van der Waals surface area contributed by atoms with Crippen LogP contribution in [0.2, 0.25) is 0 Å². The molecule has 0 spiro atoms. The molecule has 0 saturated heterocycles. The Morgan fingerprint density at radius 2 is 2.10 bits per heavy atom. The predicted octanol–water partition coefficient (Wildman–Crippen LogP) is 1.93. The van der Waals surface area contributed by atoms with Crippen molar-refractivity contribution in [2.75, 3.05) is 39.2 Å². The van der Waals surface area contributed by atoms with E-state index in [-0.39, 0.29) is 11.8 Å². The second-order valence-corrected chi connectivity index (χ2v) is 5.00. The van der Waals surface area contributed by atoms with Crippen molar-refractivity contribution < 1.29 is 14.3 Å². The van der Waals surface area contributed by atoms with Crippen molar-refractivity contribution in [3.63, 3.8) is 0 Å². The average Bonchev–Trinajstić information content (AvgIpc) is 2.49. The molecular weight excluding hydrogens is 268 g/mol. The number of benzene rings is 1. The Morgan fingerprint density at radius 1 is 1.29 bits per heavy atom. The Labute approximate surface area is 126 Å². The molecule has 1 rings (SSSR count). The fourth-order valence-electron chi connectivity index (χ4n) is 1.92. The Hall–Kier alpha value is -1.59. The van der Waals surface area contributed by atoms with Gasteiger partial charge in [0.1, 0.15) is 0 Å². The Bertz CT molecular complexity index is 424. The van der Waals surface area contributed by atoms with Crippen LogP contribution in [-0.4, -0.2) is 39.4 Å². The number of nitrogen functional groups attached to an aromatic ring is 1. The minimum absolute atomic E-state index is 0.0286. The Balaban J connectivity index is 2.16. The highest BCUT2D eigenvalue weighted by atomic mass is 16.5. The summed E-state index contributed by atoms with van der Waals surface area (Å²) in [4.78, 5) is 12.0. The molecule has 0 aliphatic rings. The molecular formula is C16H26N2O3. The highest BCUT2D eigenvalue weighted by molar-refractivity contribution is 5.83. The smallest absolute Gasteiger partial charge is 0.227 e. The van der Waals surface area contributed by atoms with Crippen LogP contribution in [0, 0.1) is 0 Å². The van der Waals surface area contributed by atoms with Crippen molar-refractivity contribution in [3.05, 3.63) is 29.8 Å². The van der Waals surface area contributed by atoms with Gasteiger partial charge in [-0.25, -0.2) is 0 Å². The van der Waals surface area contributed by atoms with Gasteiger partial charge < -0.3 is 20.5 Å². The van der Waals surface area contributed by atoms with E-state index in [9.17, 15) is 4.79 Å². The van der Waals surface area contributed by atoms with Gasteiger partial charge in [-0.15, -0.1) is 0 Å². The summed E-state index contributed by atoms with van der Waals surface area (Å²) in [6, 6.07) is 7.45. The van der Waals surface area contributed by atoms with Crippen LogP contribution in [0.4, 0.5) is 5.69 Å². The number of nitrogens with two attached hydrogens (primary N) is 1. The fourth-order valence-corrected chi connectivity index (χ4v) is 1.92. The fraction of sp³-hybridized carbons (Fsp3) is 0.562. The second-order valence-electron chi connectivity index (χ2n) is 5.00. The molecule has 0 aliphatic heterocycles. The first kappa shape index (κ1) is 17.5. The van der Waals surface area contributed by atoms with Crippen LogP contribution in [0.15, 0.2) is 24.3 Å². The number of hydrogen-bond donors (Lipinski definition) is 2. The first-order valence-electron chi connectivity index (χ1n) is 7.35. The molecule has 1 aromatic carbocycles. The van der Waals surface area contributed by atoms with E-state index in [2.05, 4.69) is 5.32 Å². The van der Waals surface area contributed by atoms with Crippen molar-refractivity contribution in [1.29, 1.82) is 0 Å². The maximum absolute atomic E-state index is 12.0. The third kappa shape index (κ3) is 7.11. The second kappa shape index (κ2) is 10.2. The molecule has 1 aromatic rings. The molecule has 1 atom stereocenters. The van der Waals surface area contributed by atoms with Crippen LogP contribution in [0.1, 0.15) is 31.2 Å². The molecule has 5 heteroatoms. The molecule has 118 valence electrons. The topological polar surface area (TPSA) is 73.6 Å². The van der Waals surface area contributed by atoms with Gasteiger partial charge in [-0.05, 0) is 37.5 Å². The van der Waals surface area contributed by atoms with E-state index >= 15 is 0 Å². The lowest BCUT2D eigenvalue weighted by Gasteiger charge is -2.13. The number of nitrogens with one attached hydrogen (secondary N) is 1. The zero-order valence-corrected chi connectivity index (χ0v) is 12.9. The molecule has 0 bridgehead atoms. The van der Waals surface area contributed by atoms with Gasteiger partial charge in [-0.1, -0.05) is 12.1 Å². The van der Waals surface area contributed by atoms with Gasteiger partial charge in [-0.3, -0.25) is 4.79 Å². The molecule has 0 saturated carbocycles. The summed E-state index contributed by atoms with van der Waals surface area (Å²) in [5.41, 5.74) is 7.35. The largest absolute Gasteiger partial charge is 0.399 e. The maximum atomic E-state index is 12.0. The molecule has 0 fully saturated rings. The number of unbranched alkanes of at least 4 members (excludes halogenated alkanes) is 1. The first-order chi connectivity index (χ1) is 10.1. The zero-order valence-electron chi connectivity index (χ0n) is 12.9. The molecule has 1 amide bonds. The number of amides is 1. The molecule has 5 nitrogen and oxygen atoms in total. The first-order valence-corrected chi connectivity index (χ1v) is 7.35. The molecule has 21 heavy (non-hydrogen) atoms.